The zero-order valence-electron chi connectivity index (χ0n) is 10.3. The van der Waals surface area contributed by atoms with Crippen molar-refractivity contribution in [2.75, 3.05) is 0 Å². The second-order valence-corrected chi connectivity index (χ2v) is 5.11. The lowest BCUT2D eigenvalue weighted by molar-refractivity contribution is 0.609. The van der Waals surface area contributed by atoms with Gasteiger partial charge in [-0.15, -0.1) is 11.6 Å². The van der Waals surface area contributed by atoms with E-state index in [1.165, 1.54) is 16.8 Å². The Morgan fingerprint density at radius 1 is 1.32 bits per heavy atom. The molecule has 0 spiro atoms. The molecule has 1 heterocycles. The molecule has 2 nitrogen and oxygen atoms in total. The zero-order chi connectivity index (χ0) is 14.0. The first-order valence-corrected chi connectivity index (χ1v) is 7.15. The van der Waals surface area contributed by atoms with Crippen LogP contribution in [0.15, 0.2) is 18.2 Å². The van der Waals surface area contributed by atoms with Gasteiger partial charge in [0.15, 0.2) is 0 Å². The molecular formula is C13H12Cl3FN2. The minimum absolute atomic E-state index is 0.155. The van der Waals surface area contributed by atoms with Crippen LogP contribution in [0.25, 0.3) is 5.69 Å². The molecule has 1 aromatic carbocycles. The second kappa shape index (κ2) is 6.12. The smallest absolute Gasteiger partial charge is 0.150 e. The van der Waals surface area contributed by atoms with E-state index in [9.17, 15) is 4.39 Å². The summed E-state index contributed by atoms with van der Waals surface area (Å²) in [7, 11) is 0. The standard InChI is InChI=1S/C13H12Cl3FN2/c1-2-4-11-8(7-14)13(16)19(18-11)12-9(15)5-3-6-10(12)17/h3,5-6H,2,4,7H2,1H3. The molecule has 0 aliphatic rings. The minimum Gasteiger partial charge on any atom is -0.217 e. The van der Waals surface area contributed by atoms with Crippen molar-refractivity contribution in [3.63, 3.8) is 0 Å². The van der Waals surface area contributed by atoms with E-state index in [4.69, 9.17) is 34.8 Å². The zero-order valence-corrected chi connectivity index (χ0v) is 12.5. The third kappa shape index (κ3) is 2.73. The first-order chi connectivity index (χ1) is 9.10. The Kier molecular flexibility index (Phi) is 4.71. The van der Waals surface area contributed by atoms with E-state index in [1.807, 2.05) is 6.92 Å². The molecule has 0 N–H and O–H groups in total. The van der Waals surface area contributed by atoms with Gasteiger partial charge in [0.1, 0.15) is 16.7 Å². The maximum absolute atomic E-state index is 13.9. The van der Waals surface area contributed by atoms with Crippen LogP contribution in [0.3, 0.4) is 0 Å². The molecule has 2 aromatic rings. The third-order valence-corrected chi connectivity index (χ3v) is 3.73. The Balaban J connectivity index is 2.63. The van der Waals surface area contributed by atoms with E-state index < -0.39 is 5.82 Å². The van der Waals surface area contributed by atoms with Crippen molar-refractivity contribution < 1.29 is 4.39 Å². The van der Waals surface area contributed by atoms with Crippen LogP contribution >= 0.6 is 34.8 Å². The van der Waals surface area contributed by atoms with Crippen LogP contribution in [0.5, 0.6) is 0 Å². The number of alkyl halides is 1. The molecule has 0 fully saturated rings. The number of nitrogens with zero attached hydrogens (tertiary/aromatic N) is 2. The highest BCUT2D eigenvalue weighted by Crippen LogP contribution is 2.30. The first-order valence-electron chi connectivity index (χ1n) is 5.86. The van der Waals surface area contributed by atoms with Gasteiger partial charge in [-0.3, -0.25) is 0 Å². The molecule has 19 heavy (non-hydrogen) atoms. The summed E-state index contributed by atoms with van der Waals surface area (Å²) in [5.41, 5.74) is 1.66. The summed E-state index contributed by atoms with van der Waals surface area (Å²) in [4.78, 5) is 0. The summed E-state index contributed by atoms with van der Waals surface area (Å²) in [6.07, 6.45) is 1.64. The lowest BCUT2D eigenvalue weighted by Gasteiger charge is -2.06. The lowest BCUT2D eigenvalue weighted by Crippen LogP contribution is -2.01. The Hall–Kier alpha value is -0.770. The number of aromatic nitrogens is 2. The highest BCUT2D eigenvalue weighted by atomic mass is 35.5. The fourth-order valence-electron chi connectivity index (χ4n) is 1.88. The SMILES string of the molecule is CCCc1nn(-c2c(F)cccc2Cl)c(Cl)c1CCl. The second-order valence-electron chi connectivity index (χ2n) is 4.08. The largest absolute Gasteiger partial charge is 0.217 e. The van der Waals surface area contributed by atoms with Crippen molar-refractivity contribution in [3.05, 3.63) is 45.4 Å². The van der Waals surface area contributed by atoms with Crippen molar-refractivity contribution in [2.24, 2.45) is 0 Å². The highest BCUT2D eigenvalue weighted by Gasteiger charge is 2.19. The number of aryl methyl sites for hydroxylation is 1. The van der Waals surface area contributed by atoms with Gasteiger partial charge in [-0.1, -0.05) is 42.6 Å². The van der Waals surface area contributed by atoms with Gasteiger partial charge < -0.3 is 0 Å². The molecule has 0 atom stereocenters. The maximum atomic E-state index is 13.9. The van der Waals surface area contributed by atoms with Gasteiger partial charge >= 0.3 is 0 Å². The molecule has 0 radical (unpaired) electrons. The number of halogens is 4. The average molecular weight is 322 g/mol. The van der Waals surface area contributed by atoms with E-state index in [1.54, 1.807) is 6.07 Å². The fraction of sp³-hybridized carbons (Fsp3) is 0.308. The molecule has 0 bridgehead atoms. The quantitative estimate of drug-likeness (QED) is 0.724. The molecule has 0 saturated carbocycles. The molecule has 1 aromatic heterocycles. The van der Waals surface area contributed by atoms with E-state index in [2.05, 4.69) is 5.10 Å². The van der Waals surface area contributed by atoms with E-state index in [0.717, 1.165) is 24.1 Å². The Labute approximate surface area is 126 Å². The monoisotopic (exact) mass is 320 g/mol. The van der Waals surface area contributed by atoms with Gasteiger partial charge in [0.2, 0.25) is 0 Å². The topological polar surface area (TPSA) is 17.8 Å². The van der Waals surface area contributed by atoms with Crippen molar-refractivity contribution in [2.45, 2.75) is 25.6 Å². The van der Waals surface area contributed by atoms with Crippen LogP contribution in [0, 0.1) is 5.82 Å². The van der Waals surface area contributed by atoms with Crippen molar-refractivity contribution >= 4 is 34.8 Å². The van der Waals surface area contributed by atoms with E-state index in [0.29, 0.717) is 5.15 Å². The summed E-state index contributed by atoms with van der Waals surface area (Å²) < 4.78 is 15.2. The fourth-order valence-corrected chi connectivity index (χ4v) is 2.77. The lowest BCUT2D eigenvalue weighted by atomic mass is 10.2. The van der Waals surface area contributed by atoms with Crippen LogP contribution in [-0.2, 0) is 12.3 Å². The van der Waals surface area contributed by atoms with Crippen molar-refractivity contribution in [1.29, 1.82) is 0 Å². The Bertz CT molecular complexity index is 576. The van der Waals surface area contributed by atoms with Gasteiger partial charge in [-0.2, -0.15) is 5.10 Å². The van der Waals surface area contributed by atoms with Crippen molar-refractivity contribution in [3.8, 4) is 5.69 Å². The summed E-state index contributed by atoms with van der Waals surface area (Å²) in [6.45, 7) is 2.03. The summed E-state index contributed by atoms with van der Waals surface area (Å²) in [6, 6.07) is 4.45. The minimum atomic E-state index is -0.471. The Morgan fingerprint density at radius 2 is 2.05 bits per heavy atom. The Morgan fingerprint density at radius 3 is 2.63 bits per heavy atom. The van der Waals surface area contributed by atoms with Gasteiger partial charge in [0.25, 0.3) is 0 Å². The molecule has 0 amide bonds. The first kappa shape index (κ1) is 14.6. The van der Waals surface area contributed by atoms with E-state index in [-0.39, 0.29) is 16.6 Å². The molecular weight excluding hydrogens is 310 g/mol. The molecule has 102 valence electrons. The number of hydrogen-bond acceptors (Lipinski definition) is 1. The predicted octanol–water partition coefficient (Wildman–Crippen LogP) is 5.01. The van der Waals surface area contributed by atoms with E-state index >= 15 is 0 Å². The normalized spacial score (nSPS) is 11.0. The summed E-state index contributed by atoms with van der Waals surface area (Å²) in [5, 5.41) is 4.91. The molecule has 0 unspecified atom stereocenters. The maximum Gasteiger partial charge on any atom is 0.150 e. The van der Waals surface area contributed by atoms with Crippen molar-refractivity contribution in [1.82, 2.24) is 9.78 Å². The van der Waals surface area contributed by atoms with Gasteiger partial charge in [-0.05, 0) is 18.6 Å². The number of rotatable bonds is 4. The van der Waals surface area contributed by atoms with Gasteiger partial charge in [-0.25, -0.2) is 9.07 Å². The molecule has 6 heteroatoms. The third-order valence-electron chi connectivity index (χ3n) is 2.77. The highest BCUT2D eigenvalue weighted by molar-refractivity contribution is 6.33. The average Bonchev–Trinajstić information content (AvgIpc) is 2.66. The summed E-state index contributed by atoms with van der Waals surface area (Å²) >= 11 is 18.1. The van der Waals surface area contributed by atoms with Crippen LogP contribution < -0.4 is 0 Å². The molecule has 0 aliphatic carbocycles. The van der Waals surface area contributed by atoms with Crippen LogP contribution in [0.4, 0.5) is 4.39 Å². The predicted molar refractivity (Wildman–Crippen MR) is 77.1 cm³/mol. The number of para-hydroxylation sites is 1. The van der Waals surface area contributed by atoms with Crippen LogP contribution in [-0.4, -0.2) is 9.78 Å². The molecule has 0 saturated heterocycles. The van der Waals surface area contributed by atoms with Crippen LogP contribution in [0.2, 0.25) is 10.2 Å². The summed E-state index contributed by atoms with van der Waals surface area (Å²) in [5.74, 6) is -0.235. The van der Waals surface area contributed by atoms with Crippen LogP contribution in [0.1, 0.15) is 24.6 Å². The molecule has 2 rings (SSSR count). The molecule has 0 aliphatic heterocycles. The van der Waals surface area contributed by atoms with Gasteiger partial charge in [0.05, 0.1) is 16.6 Å². The number of hydrogen-bond donors (Lipinski definition) is 0. The van der Waals surface area contributed by atoms with Gasteiger partial charge in [0, 0.05) is 5.56 Å². The number of benzene rings is 1.